The van der Waals surface area contributed by atoms with Crippen LogP contribution in [0.5, 0.6) is 0 Å². The lowest BCUT2D eigenvalue weighted by atomic mass is 10.4. The zero-order valence-corrected chi connectivity index (χ0v) is 13.6. The predicted molar refractivity (Wildman–Crippen MR) is 87.3 cm³/mol. The summed E-state index contributed by atoms with van der Waals surface area (Å²) in [5.74, 6) is 2.05. The van der Waals surface area contributed by atoms with Gasteiger partial charge in [-0.15, -0.1) is 0 Å². The van der Waals surface area contributed by atoms with Gasteiger partial charge in [0.15, 0.2) is 0 Å². The van der Waals surface area contributed by atoms with Crippen molar-refractivity contribution in [3.8, 4) is 0 Å². The Labute approximate surface area is 127 Å². The summed E-state index contributed by atoms with van der Waals surface area (Å²) in [6.07, 6.45) is 2.65. The number of rotatable bonds is 7. The Morgan fingerprint density at radius 2 is 1.71 bits per heavy atom. The first-order valence-corrected chi connectivity index (χ1v) is 7.71. The van der Waals surface area contributed by atoms with Gasteiger partial charge in [0.05, 0.1) is 0 Å². The smallest absolute Gasteiger partial charge is 0.231 e. The molecule has 118 valence electrons. The Kier molecular flexibility index (Phi) is 5.55. The van der Waals surface area contributed by atoms with Gasteiger partial charge in [0.1, 0.15) is 0 Å². The molecular formula is C14H27N7. The van der Waals surface area contributed by atoms with Gasteiger partial charge in [-0.25, -0.2) is 0 Å². The molecule has 0 saturated carbocycles. The molecular weight excluding hydrogens is 266 g/mol. The van der Waals surface area contributed by atoms with E-state index in [1.165, 1.54) is 25.9 Å². The summed E-state index contributed by atoms with van der Waals surface area (Å²) < 4.78 is 0. The average molecular weight is 293 g/mol. The van der Waals surface area contributed by atoms with E-state index in [4.69, 9.17) is 0 Å². The van der Waals surface area contributed by atoms with Gasteiger partial charge in [-0.2, -0.15) is 15.0 Å². The fourth-order valence-electron chi connectivity index (χ4n) is 2.36. The van der Waals surface area contributed by atoms with E-state index in [1.807, 2.05) is 33.0 Å². The molecule has 1 aliphatic rings. The molecule has 1 aromatic rings. The quantitative estimate of drug-likeness (QED) is 0.801. The lowest BCUT2D eigenvalue weighted by Gasteiger charge is -2.22. The van der Waals surface area contributed by atoms with Crippen LogP contribution < -0.4 is 15.1 Å². The van der Waals surface area contributed by atoms with Gasteiger partial charge >= 0.3 is 0 Å². The van der Waals surface area contributed by atoms with E-state index >= 15 is 0 Å². The Balaban J connectivity index is 2.04. The Bertz CT molecular complexity index is 443. The van der Waals surface area contributed by atoms with E-state index in [2.05, 4.69) is 30.1 Å². The molecule has 0 radical (unpaired) electrons. The third-order valence-electron chi connectivity index (χ3n) is 3.64. The monoisotopic (exact) mass is 293 g/mol. The second kappa shape index (κ2) is 7.40. The van der Waals surface area contributed by atoms with E-state index in [-0.39, 0.29) is 0 Å². The van der Waals surface area contributed by atoms with Gasteiger partial charge < -0.3 is 20.0 Å². The molecule has 0 aliphatic carbocycles. The van der Waals surface area contributed by atoms with Crippen LogP contribution in [0, 0.1) is 0 Å². The number of likely N-dealkylation sites (N-methyl/N-ethyl adjacent to an activating group) is 1. The lowest BCUT2D eigenvalue weighted by Crippen LogP contribution is -2.32. The molecule has 0 aromatic carbocycles. The summed E-state index contributed by atoms with van der Waals surface area (Å²) in [6, 6.07) is 0. The Morgan fingerprint density at radius 1 is 1.05 bits per heavy atom. The first-order valence-electron chi connectivity index (χ1n) is 7.71. The average Bonchev–Trinajstić information content (AvgIpc) is 2.98. The molecule has 21 heavy (non-hydrogen) atoms. The molecule has 0 spiro atoms. The number of likely N-dealkylation sites (tertiary alicyclic amines) is 1. The van der Waals surface area contributed by atoms with Gasteiger partial charge in [0, 0.05) is 40.8 Å². The lowest BCUT2D eigenvalue weighted by molar-refractivity contribution is 0.346. The highest BCUT2D eigenvalue weighted by atomic mass is 15.3. The van der Waals surface area contributed by atoms with E-state index in [1.54, 1.807) is 0 Å². The summed E-state index contributed by atoms with van der Waals surface area (Å²) in [6.45, 7) is 7.27. The van der Waals surface area contributed by atoms with Crippen molar-refractivity contribution in [2.75, 3.05) is 69.0 Å². The standard InChI is InChI=1S/C14H27N7/c1-5-15-12-16-13(19(2)3)18-14(17-12)20(4)10-11-21-8-6-7-9-21/h5-11H2,1-4H3,(H,15,16,17,18). The minimum Gasteiger partial charge on any atom is -0.354 e. The van der Waals surface area contributed by atoms with Crippen molar-refractivity contribution in [3.63, 3.8) is 0 Å². The number of anilines is 3. The van der Waals surface area contributed by atoms with Crippen LogP contribution in [0.1, 0.15) is 19.8 Å². The molecule has 2 heterocycles. The number of hydrogen-bond acceptors (Lipinski definition) is 7. The normalized spacial score (nSPS) is 15.2. The zero-order valence-electron chi connectivity index (χ0n) is 13.6. The molecule has 1 aliphatic heterocycles. The molecule has 1 fully saturated rings. The summed E-state index contributed by atoms with van der Waals surface area (Å²) in [7, 11) is 5.93. The minimum absolute atomic E-state index is 0.638. The zero-order chi connectivity index (χ0) is 15.2. The second-order valence-corrected chi connectivity index (χ2v) is 5.65. The van der Waals surface area contributed by atoms with E-state index in [9.17, 15) is 0 Å². The molecule has 1 N–H and O–H groups in total. The third kappa shape index (κ3) is 4.42. The van der Waals surface area contributed by atoms with Gasteiger partial charge in [-0.3, -0.25) is 0 Å². The van der Waals surface area contributed by atoms with Crippen molar-refractivity contribution < 1.29 is 0 Å². The Morgan fingerprint density at radius 3 is 2.33 bits per heavy atom. The van der Waals surface area contributed by atoms with Crippen LogP contribution in [-0.4, -0.2) is 73.7 Å². The first kappa shape index (κ1) is 15.8. The van der Waals surface area contributed by atoms with Gasteiger partial charge in [-0.1, -0.05) is 0 Å². The highest BCUT2D eigenvalue weighted by Gasteiger charge is 2.15. The van der Waals surface area contributed by atoms with Crippen LogP contribution in [0.4, 0.5) is 17.8 Å². The molecule has 0 bridgehead atoms. The summed E-state index contributed by atoms with van der Waals surface area (Å²) in [5.41, 5.74) is 0. The van der Waals surface area contributed by atoms with Crippen molar-refractivity contribution in [3.05, 3.63) is 0 Å². The van der Waals surface area contributed by atoms with Crippen LogP contribution in [0.25, 0.3) is 0 Å². The van der Waals surface area contributed by atoms with E-state index < -0.39 is 0 Å². The van der Waals surface area contributed by atoms with E-state index in [0.29, 0.717) is 11.9 Å². The molecule has 0 atom stereocenters. The fourth-order valence-corrected chi connectivity index (χ4v) is 2.36. The fraction of sp³-hybridized carbons (Fsp3) is 0.786. The molecule has 1 saturated heterocycles. The molecule has 2 rings (SSSR count). The first-order chi connectivity index (χ1) is 10.1. The van der Waals surface area contributed by atoms with Gasteiger partial charge in [-0.05, 0) is 32.9 Å². The summed E-state index contributed by atoms with van der Waals surface area (Å²) in [5, 5.41) is 3.17. The van der Waals surface area contributed by atoms with Gasteiger partial charge in [0.2, 0.25) is 17.8 Å². The van der Waals surface area contributed by atoms with Crippen molar-refractivity contribution in [1.82, 2.24) is 19.9 Å². The van der Waals surface area contributed by atoms with Crippen LogP contribution in [0.15, 0.2) is 0 Å². The molecule has 7 heteroatoms. The predicted octanol–water partition coefficient (Wildman–Crippen LogP) is 0.901. The minimum atomic E-state index is 0.638. The van der Waals surface area contributed by atoms with Crippen LogP contribution >= 0.6 is 0 Å². The number of nitrogens with zero attached hydrogens (tertiary/aromatic N) is 6. The number of nitrogens with one attached hydrogen (secondary N) is 1. The van der Waals surface area contributed by atoms with Gasteiger partial charge in [0.25, 0.3) is 0 Å². The largest absolute Gasteiger partial charge is 0.354 e. The maximum atomic E-state index is 4.53. The molecule has 0 unspecified atom stereocenters. The number of hydrogen-bond donors (Lipinski definition) is 1. The third-order valence-corrected chi connectivity index (χ3v) is 3.64. The van der Waals surface area contributed by atoms with Crippen LogP contribution in [-0.2, 0) is 0 Å². The van der Waals surface area contributed by atoms with E-state index in [0.717, 1.165) is 25.6 Å². The Hall–Kier alpha value is -1.63. The highest BCUT2D eigenvalue weighted by Crippen LogP contribution is 2.14. The van der Waals surface area contributed by atoms with Crippen molar-refractivity contribution in [2.24, 2.45) is 0 Å². The number of aromatic nitrogens is 3. The maximum Gasteiger partial charge on any atom is 0.231 e. The molecule has 1 aromatic heterocycles. The maximum absolute atomic E-state index is 4.53. The summed E-state index contributed by atoms with van der Waals surface area (Å²) in [4.78, 5) is 19.9. The molecule has 7 nitrogen and oxygen atoms in total. The van der Waals surface area contributed by atoms with Crippen molar-refractivity contribution in [1.29, 1.82) is 0 Å². The van der Waals surface area contributed by atoms with Crippen LogP contribution in [0.2, 0.25) is 0 Å². The SMILES string of the molecule is CCNc1nc(N(C)C)nc(N(C)CCN2CCCC2)n1. The van der Waals surface area contributed by atoms with Crippen molar-refractivity contribution >= 4 is 17.8 Å². The van der Waals surface area contributed by atoms with Crippen molar-refractivity contribution in [2.45, 2.75) is 19.8 Å². The topological polar surface area (TPSA) is 60.4 Å². The molecule has 0 amide bonds. The highest BCUT2D eigenvalue weighted by molar-refractivity contribution is 5.44. The second-order valence-electron chi connectivity index (χ2n) is 5.65. The van der Waals surface area contributed by atoms with Crippen LogP contribution in [0.3, 0.4) is 0 Å². The summed E-state index contributed by atoms with van der Waals surface area (Å²) >= 11 is 0.